The molecule has 5 nitrogen and oxygen atoms in total. The lowest BCUT2D eigenvalue weighted by molar-refractivity contribution is 0.0660. The summed E-state index contributed by atoms with van der Waals surface area (Å²) < 4.78 is 4.77. The number of carbonyl (C=O) groups is 1. The number of amides is 2. The second-order valence-corrected chi connectivity index (χ2v) is 4.67. The molecule has 1 rings (SSSR count). The molecule has 20 heavy (non-hydrogen) atoms. The molecule has 1 atom stereocenters. The van der Waals surface area contributed by atoms with Crippen LogP contribution in [0.15, 0.2) is 24.3 Å². The maximum Gasteiger partial charge on any atom is 0.314 e. The molecule has 0 aliphatic rings. The van der Waals surface area contributed by atoms with Crippen LogP contribution in [-0.4, -0.2) is 44.0 Å². The summed E-state index contributed by atoms with van der Waals surface area (Å²) in [6, 6.07) is 8.11. The average molecular weight is 280 g/mol. The van der Waals surface area contributed by atoms with E-state index >= 15 is 0 Å². The highest BCUT2D eigenvalue weighted by Gasteiger charge is 2.05. The normalized spacial score (nSPS) is 11.9. The number of hydrogen-bond donors (Lipinski definition) is 3. The number of nitrogens with one attached hydrogen (secondary N) is 2. The van der Waals surface area contributed by atoms with Gasteiger partial charge in [-0.05, 0) is 24.0 Å². The number of benzene rings is 1. The Morgan fingerprint density at radius 3 is 2.50 bits per heavy atom. The van der Waals surface area contributed by atoms with Crippen LogP contribution in [-0.2, 0) is 17.6 Å². The van der Waals surface area contributed by atoms with Crippen LogP contribution < -0.4 is 10.6 Å². The number of carbonyl (C=O) groups excluding carboxylic acids is 1. The fourth-order valence-corrected chi connectivity index (χ4v) is 1.79. The van der Waals surface area contributed by atoms with Crippen molar-refractivity contribution in [1.29, 1.82) is 0 Å². The second-order valence-electron chi connectivity index (χ2n) is 4.67. The number of urea groups is 1. The zero-order chi connectivity index (χ0) is 14.8. The van der Waals surface area contributed by atoms with Crippen molar-refractivity contribution in [3.63, 3.8) is 0 Å². The number of aliphatic hydroxyl groups excluding tert-OH is 1. The number of rotatable bonds is 8. The predicted molar refractivity (Wildman–Crippen MR) is 78.8 cm³/mol. The first-order valence-electron chi connectivity index (χ1n) is 6.92. The van der Waals surface area contributed by atoms with Gasteiger partial charge in [0.05, 0.1) is 12.7 Å². The van der Waals surface area contributed by atoms with E-state index in [0.29, 0.717) is 6.54 Å². The van der Waals surface area contributed by atoms with E-state index in [1.165, 1.54) is 18.2 Å². The molecule has 5 heteroatoms. The van der Waals surface area contributed by atoms with Gasteiger partial charge < -0.3 is 20.5 Å². The maximum atomic E-state index is 11.5. The molecule has 0 radical (unpaired) electrons. The van der Waals surface area contributed by atoms with Crippen molar-refractivity contribution in [1.82, 2.24) is 10.6 Å². The second kappa shape index (κ2) is 9.34. The van der Waals surface area contributed by atoms with Crippen molar-refractivity contribution in [2.75, 3.05) is 26.8 Å². The third kappa shape index (κ3) is 6.54. The number of aliphatic hydroxyl groups is 1. The Morgan fingerprint density at radius 1 is 1.25 bits per heavy atom. The average Bonchev–Trinajstić information content (AvgIpc) is 2.46. The van der Waals surface area contributed by atoms with Gasteiger partial charge in [0.2, 0.25) is 0 Å². The van der Waals surface area contributed by atoms with Gasteiger partial charge in [0.15, 0.2) is 0 Å². The fourth-order valence-electron chi connectivity index (χ4n) is 1.79. The molecule has 1 aromatic carbocycles. The van der Waals surface area contributed by atoms with Crippen LogP contribution in [0.3, 0.4) is 0 Å². The van der Waals surface area contributed by atoms with Gasteiger partial charge in [0.25, 0.3) is 0 Å². The molecule has 3 N–H and O–H groups in total. The minimum Gasteiger partial charge on any atom is -0.389 e. The lowest BCUT2D eigenvalue weighted by Crippen LogP contribution is -2.41. The van der Waals surface area contributed by atoms with Crippen molar-refractivity contribution in [3.05, 3.63) is 35.4 Å². The molecule has 0 heterocycles. The summed E-state index contributed by atoms with van der Waals surface area (Å²) in [5.41, 5.74) is 2.51. The monoisotopic (exact) mass is 280 g/mol. The Morgan fingerprint density at radius 2 is 1.90 bits per heavy atom. The molecule has 2 amide bonds. The molecule has 0 fully saturated rings. The van der Waals surface area contributed by atoms with E-state index in [0.717, 1.165) is 12.8 Å². The van der Waals surface area contributed by atoms with Crippen LogP contribution >= 0.6 is 0 Å². The first-order chi connectivity index (χ1) is 9.65. The molecule has 0 aliphatic carbocycles. The topological polar surface area (TPSA) is 70.6 Å². The molecule has 0 saturated heterocycles. The zero-order valence-corrected chi connectivity index (χ0v) is 12.2. The number of aryl methyl sites for hydroxylation is 1. The number of hydrogen-bond acceptors (Lipinski definition) is 3. The summed E-state index contributed by atoms with van der Waals surface area (Å²) in [6.07, 6.45) is 1.15. The summed E-state index contributed by atoms with van der Waals surface area (Å²) in [6.45, 7) is 3.09. The minimum atomic E-state index is -0.674. The highest BCUT2D eigenvalue weighted by molar-refractivity contribution is 5.73. The van der Waals surface area contributed by atoms with Crippen LogP contribution in [0.5, 0.6) is 0 Å². The number of ether oxygens (including phenoxy) is 1. The van der Waals surface area contributed by atoms with E-state index in [2.05, 4.69) is 41.8 Å². The summed E-state index contributed by atoms with van der Waals surface area (Å²) in [5, 5.41) is 14.7. The standard InChI is InChI=1S/C15H24N2O3/c1-3-12-4-6-13(7-5-12)8-9-16-15(19)17-10-14(18)11-20-2/h4-7,14,18H,3,8-11H2,1-2H3,(H2,16,17,19). The van der Waals surface area contributed by atoms with Gasteiger partial charge in [0.1, 0.15) is 0 Å². The Labute approximate surface area is 120 Å². The highest BCUT2D eigenvalue weighted by Crippen LogP contribution is 2.05. The smallest absolute Gasteiger partial charge is 0.314 e. The van der Waals surface area contributed by atoms with Gasteiger partial charge >= 0.3 is 6.03 Å². The van der Waals surface area contributed by atoms with E-state index in [1.54, 1.807) is 0 Å². The minimum absolute atomic E-state index is 0.185. The van der Waals surface area contributed by atoms with Crippen molar-refractivity contribution < 1.29 is 14.6 Å². The maximum absolute atomic E-state index is 11.5. The van der Waals surface area contributed by atoms with E-state index in [1.807, 2.05) is 0 Å². The van der Waals surface area contributed by atoms with E-state index < -0.39 is 6.10 Å². The van der Waals surface area contributed by atoms with Crippen LogP contribution in [0.25, 0.3) is 0 Å². The zero-order valence-electron chi connectivity index (χ0n) is 12.2. The Kier molecular flexibility index (Phi) is 7.69. The Hall–Kier alpha value is -1.59. The fraction of sp³-hybridized carbons (Fsp3) is 0.533. The Bertz CT molecular complexity index is 393. The summed E-state index contributed by atoms with van der Waals surface area (Å²) >= 11 is 0. The molecule has 0 saturated carbocycles. The van der Waals surface area contributed by atoms with Crippen molar-refractivity contribution in [2.45, 2.75) is 25.9 Å². The molecule has 0 spiro atoms. The van der Waals surface area contributed by atoms with Gasteiger partial charge in [0, 0.05) is 20.2 Å². The molecule has 1 unspecified atom stereocenters. The van der Waals surface area contributed by atoms with Gasteiger partial charge in [-0.3, -0.25) is 0 Å². The molecule has 1 aromatic rings. The van der Waals surface area contributed by atoms with E-state index in [4.69, 9.17) is 4.74 Å². The van der Waals surface area contributed by atoms with E-state index in [-0.39, 0.29) is 19.2 Å². The van der Waals surface area contributed by atoms with Crippen molar-refractivity contribution in [3.8, 4) is 0 Å². The molecule has 0 bridgehead atoms. The van der Waals surface area contributed by atoms with Crippen LogP contribution in [0.4, 0.5) is 4.79 Å². The molecule has 112 valence electrons. The molecule has 0 aromatic heterocycles. The highest BCUT2D eigenvalue weighted by atomic mass is 16.5. The number of methoxy groups -OCH3 is 1. The first kappa shape index (κ1) is 16.5. The molecule has 0 aliphatic heterocycles. The Balaban J connectivity index is 2.17. The lowest BCUT2D eigenvalue weighted by Gasteiger charge is -2.11. The molecular weight excluding hydrogens is 256 g/mol. The summed E-state index contributed by atoms with van der Waals surface area (Å²) in [5.74, 6) is 0. The van der Waals surface area contributed by atoms with Gasteiger partial charge in [-0.2, -0.15) is 0 Å². The quantitative estimate of drug-likeness (QED) is 0.668. The van der Waals surface area contributed by atoms with Gasteiger partial charge in [-0.15, -0.1) is 0 Å². The van der Waals surface area contributed by atoms with Crippen molar-refractivity contribution >= 4 is 6.03 Å². The van der Waals surface area contributed by atoms with Gasteiger partial charge in [-0.1, -0.05) is 31.2 Å². The van der Waals surface area contributed by atoms with Crippen LogP contribution in [0.2, 0.25) is 0 Å². The third-order valence-corrected chi connectivity index (χ3v) is 2.99. The summed E-state index contributed by atoms with van der Waals surface area (Å²) in [7, 11) is 1.51. The SMILES string of the molecule is CCc1ccc(CCNC(=O)NCC(O)COC)cc1. The predicted octanol–water partition coefficient (Wildman–Crippen LogP) is 1.10. The van der Waals surface area contributed by atoms with Gasteiger partial charge in [-0.25, -0.2) is 4.79 Å². The summed E-state index contributed by atoms with van der Waals surface area (Å²) in [4.78, 5) is 11.5. The van der Waals surface area contributed by atoms with E-state index in [9.17, 15) is 9.90 Å². The molecular formula is C15H24N2O3. The lowest BCUT2D eigenvalue weighted by atomic mass is 10.1. The third-order valence-electron chi connectivity index (χ3n) is 2.99. The van der Waals surface area contributed by atoms with Crippen LogP contribution in [0, 0.1) is 0 Å². The largest absolute Gasteiger partial charge is 0.389 e. The van der Waals surface area contributed by atoms with Crippen LogP contribution in [0.1, 0.15) is 18.1 Å². The van der Waals surface area contributed by atoms with Crippen molar-refractivity contribution in [2.24, 2.45) is 0 Å². The first-order valence-corrected chi connectivity index (χ1v) is 6.92.